The zero-order valence-electron chi connectivity index (χ0n) is 41.1. The fourth-order valence-electron chi connectivity index (χ4n) is 14.2. The third-order valence-electron chi connectivity index (χ3n) is 17.4. The normalized spacial score (nSPS) is 19.9. The molecule has 4 saturated carbocycles. The minimum atomic E-state index is -0.000335. The molecule has 4 heteroatoms. The quantitative estimate of drug-likeness (QED) is 0.152. The number of nitrogens with zero attached hydrogens (tertiary/aromatic N) is 4. The van der Waals surface area contributed by atoms with Crippen LogP contribution in [0.25, 0.3) is 112 Å². The molecule has 0 unspecified atom stereocenters. The minimum absolute atomic E-state index is 0.000335. The van der Waals surface area contributed by atoms with Gasteiger partial charge in [0.2, 0.25) is 0 Å². The van der Waals surface area contributed by atoms with Crippen LogP contribution in [-0.2, 0) is 5.41 Å². The number of rotatable bonds is 8. The van der Waals surface area contributed by atoms with Crippen molar-refractivity contribution in [3.8, 4) is 101 Å². The molecule has 16 rings (SSSR count). The van der Waals surface area contributed by atoms with Gasteiger partial charge in [0.25, 0.3) is 0 Å². The van der Waals surface area contributed by atoms with E-state index in [9.17, 15) is 0 Å². The van der Waals surface area contributed by atoms with E-state index in [2.05, 4.69) is 218 Å². The van der Waals surface area contributed by atoms with Gasteiger partial charge < -0.3 is 0 Å². The third kappa shape index (κ3) is 7.18. The summed E-state index contributed by atoms with van der Waals surface area (Å²) in [5, 5.41) is 2.44. The second-order valence-electron chi connectivity index (χ2n) is 21.5. The van der Waals surface area contributed by atoms with Crippen LogP contribution in [0.2, 0.25) is 0 Å². The van der Waals surface area contributed by atoms with Gasteiger partial charge >= 0.3 is 0 Å². The molecule has 1 spiro atoms. The highest BCUT2D eigenvalue weighted by Gasteiger charge is 2.61. The number of aromatic nitrogens is 4. The molecule has 0 atom stereocenters. The third-order valence-corrected chi connectivity index (χ3v) is 17.4. The molecule has 0 aliphatic heterocycles. The van der Waals surface area contributed by atoms with Crippen LogP contribution in [0.1, 0.15) is 43.2 Å². The summed E-state index contributed by atoms with van der Waals surface area (Å²) in [6.07, 6.45) is 8.64. The van der Waals surface area contributed by atoms with Crippen molar-refractivity contribution in [2.45, 2.75) is 37.5 Å². The maximum absolute atomic E-state index is 5.40. The van der Waals surface area contributed by atoms with Gasteiger partial charge in [0, 0.05) is 33.9 Å². The Bertz CT molecular complexity index is 3810. The first-order valence-electron chi connectivity index (χ1n) is 26.5. The standard InChI is InChI=1S/C70H52N4/c1-3-11-46(12-4-1)49-18-23-51(24-19-49)67-72-68(52-25-20-50(21-26-52)47-13-5-2-6-14-47)74-69(73-67)59-40-57(54-27-22-48-15-7-8-16-53(48)38-54)39-58(41-59)55-28-30-62-63-42-56(66-17-9-10-32-71-66)29-31-64(63)70(65(62)43-55)60-34-44-33-45(36-60)37-61(70)35-44/h1-32,38-45,60-61H,33-37H2. The zero-order valence-corrected chi connectivity index (χ0v) is 41.1. The lowest BCUT2D eigenvalue weighted by molar-refractivity contribution is -0.0399. The summed E-state index contributed by atoms with van der Waals surface area (Å²) in [7, 11) is 0. The molecule has 4 bridgehead atoms. The van der Waals surface area contributed by atoms with Crippen molar-refractivity contribution >= 4 is 10.8 Å². The molecule has 4 nitrogen and oxygen atoms in total. The minimum Gasteiger partial charge on any atom is -0.256 e. The molecule has 0 saturated heterocycles. The summed E-state index contributed by atoms with van der Waals surface area (Å²) < 4.78 is 0. The highest BCUT2D eigenvalue weighted by molar-refractivity contribution is 5.91. The van der Waals surface area contributed by atoms with E-state index in [0.717, 1.165) is 62.0 Å². The van der Waals surface area contributed by atoms with Gasteiger partial charge in [0.15, 0.2) is 17.5 Å². The molecule has 9 aromatic carbocycles. The number of hydrogen-bond donors (Lipinski definition) is 0. The average Bonchev–Trinajstić information content (AvgIpc) is 3.76. The highest BCUT2D eigenvalue weighted by atomic mass is 15.0. The van der Waals surface area contributed by atoms with Gasteiger partial charge in [-0.2, -0.15) is 0 Å². The second kappa shape index (κ2) is 17.3. The van der Waals surface area contributed by atoms with Crippen LogP contribution in [0.4, 0.5) is 0 Å². The van der Waals surface area contributed by atoms with Gasteiger partial charge in [-0.15, -0.1) is 0 Å². The number of pyridine rings is 1. The van der Waals surface area contributed by atoms with Crippen molar-refractivity contribution in [1.29, 1.82) is 0 Å². The fourth-order valence-corrected chi connectivity index (χ4v) is 14.2. The van der Waals surface area contributed by atoms with E-state index in [0.29, 0.717) is 29.3 Å². The van der Waals surface area contributed by atoms with E-state index in [1.54, 1.807) is 5.56 Å². The van der Waals surface area contributed by atoms with Gasteiger partial charge in [-0.3, -0.25) is 4.98 Å². The molecule has 0 N–H and O–H groups in total. The van der Waals surface area contributed by atoms with Crippen LogP contribution in [0, 0.1) is 23.7 Å². The van der Waals surface area contributed by atoms with Crippen LogP contribution >= 0.6 is 0 Å². The van der Waals surface area contributed by atoms with E-state index in [1.807, 2.05) is 12.3 Å². The fraction of sp³-hybridized carbons (Fsp3) is 0.143. The van der Waals surface area contributed by atoms with Crippen LogP contribution in [0.5, 0.6) is 0 Å². The number of hydrogen-bond acceptors (Lipinski definition) is 4. The first-order valence-corrected chi connectivity index (χ1v) is 26.5. The molecule has 0 amide bonds. The summed E-state index contributed by atoms with van der Waals surface area (Å²) in [6.45, 7) is 0. The van der Waals surface area contributed by atoms with Crippen molar-refractivity contribution in [2.75, 3.05) is 0 Å². The Morgan fingerprint density at radius 1 is 0.297 bits per heavy atom. The van der Waals surface area contributed by atoms with E-state index < -0.39 is 0 Å². The van der Waals surface area contributed by atoms with E-state index in [1.165, 1.54) is 81.8 Å². The lowest BCUT2D eigenvalue weighted by atomic mass is 9.43. The summed E-state index contributed by atoms with van der Waals surface area (Å²) >= 11 is 0. The van der Waals surface area contributed by atoms with Crippen molar-refractivity contribution in [3.05, 3.63) is 242 Å². The molecule has 5 aliphatic rings. The van der Waals surface area contributed by atoms with Crippen molar-refractivity contribution < 1.29 is 0 Å². The number of benzene rings is 9. The Balaban J connectivity index is 0.914. The van der Waals surface area contributed by atoms with Crippen LogP contribution in [0.15, 0.2) is 231 Å². The van der Waals surface area contributed by atoms with Gasteiger partial charge in [-0.25, -0.2) is 15.0 Å². The largest absolute Gasteiger partial charge is 0.256 e. The molecule has 5 aliphatic carbocycles. The zero-order chi connectivity index (χ0) is 48.7. The summed E-state index contributed by atoms with van der Waals surface area (Å²) in [4.78, 5) is 20.8. The van der Waals surface area contributed by atoms with Crippen molar-refractivity contribution in [1.82, 2.24) is 19.9 Å². The summed E-state index contributed by atoms with van der Waals surface area (Å²) in [5.41, 5.74) is 20.2. The lowest BCUT2D eigenvalue weighted by Gasteiger charge is -2.61. The molecule has 352 valence electrons. The lowest BCUT2D eigenvalue weighted by Crippen LogP contribution is -2.55. The molecule has 74 heavy (non-hydrogen) atoms. The molecular formula is C70H52N4. The van der Waals surface area contributed by atoms with E-state index >= 15 is 0 Å². The average molecular weight is 949 g/mol. The maximum Gasteiger partial charge on any atom is 0.164 e. The first kappa shape index (κ1) is 43.0. The molecule has 4 fully saturated rings. The Morgan fingerprint density at radius 3 is 1.39 bits per heavy atom. The van der Waals surface area contributed by atoms with Crippen LogP contribution in [-0.4, -0.2) is 19.9 Å². The van der Waals surface area contributed by atoms with E-state index in [4.69, 9.17) is 19.9 Å². The predicted octanol–water partition coefficient (Wildman–Crippen LogP) is 17.5. The Labute approximate surface area is 432 Å². The van der Waals surface area contributed by atoms with Gasteiger partial charge in [-0.1, -0.05) is 176 Å². The second-order valence-corrected chi connectivity index (χ2v) is 21.5. The smallest absolute Gasteiger partial charge is 0.164 e. The van der Waals surface area contributed by atoms with Gasteiger partial charge in [0.1, 0.15) is 0 Å². The Kier molecular flexibility index (Phi) is 10.0. The monoisotopic (exact) mass is 948 g/mol. The first-order chi connectivity index (χ1) is 36.6. The van der Waals surface area contributed by atoms with E-state index in [-0.39, 0.29) is 5.41 Å². The van der Waals surface area contributed by atoms with Crippen LogP contribution < -0.4 is 0 Å². The van der Waals surface area contributed by atoms with Crippen LogP contribution in [0.3, 0.4) is 0 Å². The molecule has 11 aromatic rings. The molecular weight excluding hydrogens is 897 g/mol. The summed E-state index contributed by atoms with van der Waals surface area (Å²) in [5.74, 6) is 4.90. The van der Waals surface area contributed by atoms with Gasteiger partial charge in [0.05, 0.1) is 5.69 Å². The van der Waals surface area contributed by atoms with Gasteiger partial charge in [-0.05, 0) is 182 Å². The highest BCUT2D eigenvalue weighted by Crippen LogP contribution is 2.69. The SMILES string of the molecule is c1ccc(-c2ccc(-c3nc(-c4ccc(-c5ccccc5)cc4)nc(-c4cc(-c5ccc6c(c5)C5(c7ccc(-c8ccccn8)cc7-6)C6CC7CC(C6)CC5C7)cc(-c5ccc6ccccc6c5)c4)n3)cc2)cc1. The molecule has 2 aromatic heterocycles. The topological polar surface area (TPSA) is 51.6 Å². The van der Waals surface area contributed by atoms with Crippen molar-refractivity contribution in [3.63, 3.8) is 0 Å². The number of fused-ring (bicyclic) bond motifs is 4. The molecule has 2 heterocycles. The predicted molar refractivity (Wildman–Crippen MR) is 302 cm³/mol. The summed E-state index contributed by atoms with van der Waals surface area (Å²) in [6, 6.07) is 81.8. The Morgan fingerprint density at radius 2 is 0.784 bits per heavy atom. The molecule has 0 radical (unpaired) electrons. The maximum atomic E-state index is 5.40. The Hall–Kier alpha value is -8.60. The van der Waals surface area contributed by atoms with Crippen molar-refractivity contribution in [2.24, 2.45) is 23.7 Å².